The molecule has 1 unspecified atom stereocenters. The molecular formula is C17H30O2. The van der Waals surface area contributed by atoms with Crippen molar-refractivity contribution in [1.29, 1.82) is 0 Å². The molecule has 0 aliphatic carbocycles. The van der Waals surface area contributed by atoms with Gasteiger partial charge in [0.25, 0.3) is 0 Å². The molecule has 0 bridgehead atoms. The number of hydrogen-bond acceptors (Lipinski definition) is 2. The number of ketones is 1. The standard InChI is InChI=1S/C17H30O2/c1-8-13(5)17(15(7)18)14(6)10-16(9-2)19-11-12(3)4/h12-14,17H,2,8,10-11H2,1,3-7H3/t13-,14?,17+/m0/s1. The molecule has 2 nitrogen and oxygen atoms in total. The van der Waals surface area contributed by atoms with Gasteiger partial charge < -0.3 is 4.74 Å². The maximum atomic E-state index is 11.8. The lowest BCUT2D eigenvalue weighted by atomic mass is 9.78. The minimum atomic E-state index is 0.0935. The van der Waals surface area contributed by atoms with Gasteiger partial charge in [-0.2, -0.15) is 0 Å². The lowest BCUT2D eigenvalue weighted by Crippen LogP contribution is -2.27. The summed E-state index contributed by atoms with van der Waals surface area (Å²) < 4.78 is 5.70. The Kier molecular flexibility index (Phi) is 8.51. The number of Topliss-reactive ketones (excluding diaryl/α,β-unsaturated/α-hetero) is 1. The molecule has 0 amide bonds. The van der Waals surface area contributed by atoms with Crippen LogP contribution in [0.25, 0.3) is 0 Å². The molecule has 0 rings (SSSR count). The molecule has 0 radical (unpaired) electrons. The van der Waals surface area contributed by atoms with E-state index >= 15 is 0 Å². The summed E-state index contributed by atoms with van der Waals surface area (Å²) in [6.45, 7) is 16.7. The Bertz CT molecular complexity index is 324. The van der Waals surface area contributed by atoms with E-state index < -0.39 is 0 Å². The molecule has 0 N–H and O–H groups in total. The van der Waals surface area contributed by atoms with Crippen molar-refractivity contribution < 1.29 is 9.53 Å². The Hall–Kier alpha value is -1.01. The van der Waals surface area contributed by atoms with E-state index in [-0.39, 0.29) is 17.6 Å². The maximum Gasteiger partial charge on any atom is 0.138 e. The van der Waals surface area contributed by atoms with Gasteiger partial charge in [0.15, 0.2) is 0 Å². The van der Waals surface area contributed by atoms with Crippen molar-refractivity contribution in [2.24, 2.45) is 23.7 Å². The van der Waals surface area contributed by atoms with E-state index in [1.807, 2.05) is 0 Å². The molecule has 0 spiro atoms. The summed E-state index contributed by atoms with van der Waals surface area (Å²) in [7, 11) is 0. The van der Waals surface area contributed by atoms with Gasteiger partial charge in [-0.25, -0.2) is 0 Å². The van der Waals surface area contributed by atoms with Gasteiger partial charge in [0.1, 0.15) is 11.5 Å². The highest BCUT2D eigenvalue weighted by atomic mass is 16.5. The Morgan fingerprint density at radius 2 is 1.79 bits per heavy atom. The maximum absolute atomic E-state index is 11.8. The van der Waals surface area contributed by atoms with Gasteiger partial charge in [0.05, 0.1) is 6.61 Å². The molecule has 0 saturated carbocycles. The number of carbonyl (C=O) groups excluding carboxylic acids is 1. The lowest BCUT2D eigenvalue weighted by Gasteiger charge is -2.27. The quantitative estimate of drug-likeness (QED) is 0.450. The van der Waals surface area contributed by atoms with Crippen molar-refractivity contribution in [3.05, 3.63) is 18.1 Å². The first-order valence-electron chi connectivity index (χ1n) is 7.35. The molecule has 3 atom stereocenters. The zero-order valence-corrected chi connectivity index (χ0v) is 13.5. The van der Waals surface area contributed by atoms with E-state index in [9.17, 15) is 4.79 Å². The first-order chi connectivity index (χ1) is 8.83. The second-order valence-corrected chi connectivity index (χ2v) is 6.01. The van der Waals surface area contributed by atoms with E-state index in [1.165, 1.54) is 0 Å². The molecule has 0 aliphatic rings. The Morgan fingerprint density at radius 3 is 2.16 bits per heavy atom. The van der Waals surface area contributed by atoms with Crippen LogP contribution in [0.5, 0.6) is 0 Å². The highest BCUT2D eigenvalue weighted by Gasteiger charge is 2.27. The van der Waals surface area contributed by atoms with Crippen LogP contribution in [0.4, 0.5) is 0 Å². The molecule has 2 heteroatoms. The van der Waals surface area contributed by atoms with Crippen LogP contribution in [0.3, 0.4) is 0 Å². The highest BCUT2D eigenvalue weighted by Crippen LogP contribution is 2.29. The Morgan fingerprint density at radius 1 is 1.21 bits per heavy atom. The van der Waals surface area contributed by atoms with Gasteiger partial charge in [-0.05, 0) is 24.7 Å². The van der Waals surface area contributed by atoms with Gasteiger partial charge >= 0.3 is 0 Å². The normalized spacial score (nSPS) is 15.5. The monoisotopic (exact) mass is 266 g/mol. The number of hydrogen-bond donors (Lipinski definition) is 0. The molecule has 0 aromatic carbocycles. The fourth-order valence-electron chi connectivity index (χ4n) is 2.48. The summed E-state index contributed by atoms with van der Waals surface area (Å²) in [6.07, 6.45) is 1.76. The summed E-state index contributed by atoms with van der Waals surface area (Å²) in [4.78, 5) is 11.8. The summed E-state index contributed by atoms with van der Waals surface area (Å²) in [6, 6.07) is 0. The largest absolute Gasteiger partial charge is 0.490 e. The molecule has 0 aromatic rings. The van der Waals surface area contributed by atoms with E-state index in [0.29, 0.717) is 18.4 Å². The van der Waals surface area contributed by atoms with Crippen molar-refractivity contribution in [2.75, 3.05) is 6.61 Å². The van der Waals surface area contributed by atoms with E-state index in [2.05, 4.69) is 46.9 Å². The number of carbonyl (C=O) groups is 1. The second kappa shape index (κ2) is 8.98. The van der Waals surface area contributed by atoms with Gasteiger partial charge in [-0.15, -0.1) is 0 Å². The minimum Gasteiger partial charge on any atom is -0.490 e. The first-order valence-corrected chi connectivity index (χ1v) is 7.35. The van der Waals surface area contributed by atoms with Crippen LogP contribution in [0.2, 0.25) is 0 Å². The predicted octanol–water partition coefficient (Wildman–Crippen LogP) is 4.61. The summed E-state index contributed by atoms with van der Waals surface area (Å²) in [5, 5.41) is 0. The molecule has 0 aliphatic heterocycles. The third-order valence-electron chi connectivity index (χ3n) is 3.63. The molecule has 110 valence electrons. The van der Waals surface area contributed by atoms with Crippen LogP contribution < -0.4 is 0 Å². The second-order valence-electron chi connectivity index (χ2n) is 6.01. The van der Waals surface area contributed by atoms with Crippen molar-refractivity contribution >= 4 is 5.78 Å². The number of rotatable bonds is 9. The fraction of sp³-hybridized carbons (Fsp3) is 0.765. The van der Waals surface area contributed by atoms with Crippen molar-refractivity contribution in [2.45, 2.75) is 54.4 Å². The van der Waals surface area contributed by atoms with E-state index in [0.717, 1.165) is 18.6 Å². The summed E-state index contributed by atoms with van der Waals surface area (Å²) in [5.41, 5.74) is 2.87. The summed E-state index contributed by atoms with van der Waals surface area (Å²) in [5.74, 6) is 2.31. The smallest absolute Gasteiger partial charge is 0.138 e. The Labute approximate surface area is 118 Å². The van der Waals surface area contributed by atoms with Crippen LogP contribution in [0, 0.1) is 23.7 Å². The highest BCUT2D eigenvalue weighted by molar-refractivity contribution is 5.78. The molecule has 19 heavy (non-hydrogen) atoms. The van der Waals surface area contributed by atoms with Crippen molar-refractivity contribution in [3.8, 4) is 0 Å². The molecule has 0 heterocycles. The van der Waals surface area contributed by atoms with Crippen LogP contribution >= 0.6 is 0 Å². The fourth-order valence-corrected chi connectivity index (χ4v) is 2.48. The zero-order chi connectivity index (χ0) is 15.0. The van der Waals surface area contributed by atoms with Gasteiger partial charge in [-0.1, -0.05) is 53.3 Å². The molecule has 0 fully saturated rings. The average Bonchev–Trinajstić information content (AvgIpc) is 2.33. The third-order valence-corrected chi connectivity index (χ3v) is 3.63. The summed E-state index contributed by atoms with van der Waals surface area (Å²) >= 11 is 0. The molecule has 0 saturated heterocycles. The average molecular weight is 266 g/mol. The minimum absolute atomic E-state index is 0.0935. The van der Waals surface area contributed by atoms with Gasteiger partial charge in [-0.3, -0.25) is 4.79 Å². The third kappa shape index (κ3) is 6.63. The molecule has 0 aromatic heterocycles. The number of allylic oxidation sites excluding steroid dienone is 1. The Balaban J connectivity index is 4.65. The van der Waals surface area contributed by atoms with Gasteiger partial charge in [0.2, 0.25) is 0 Å². The lowest BCUT2D eigenvalue weighted by molar-refractivity contribution is -0.124. The van der Waals surface area contributed by atoms with Crippen LogP contribution in [-0.4, -0.2) is 12.4 Å². The van der Waals surface area contributed by atoms with Crippen LogP contribution in [-0.2, 0) is 9.53 Å². The predicted molar refractivity (Wildman–Crippen MR) is 80.9 cm³/mol. The van der Waals surface area contributed by atoms with Crippen LogP contribution in [0.1, 0.15) is 54.4 Å². The van der Waals surface area contributed by atoms with Crippen molar-refractivity contribution in [3.63, 3.8) is 0 Å². The SMILES string of the molecule is C=C=C(CC(C)[C@H](C(C)=O)[C@@H](C)CC)OCC(C)C. The first kappa shape index (κ1) is 18.0. The van der Waals surface area contributed by atoms with Crippen molar-refractivity contribution in [1.82, 2.24) is 0 Å². The number of ether oxygens (including phenoxy) is 1. The topological polar surface area (TPSA) is 26.3 Å². The van der Waals surface area contributed by atoms with Crippen LogP contribution in [0.15, 0.2) is 18.1 Å². The van der Waals surface area contributed by atoms with E-state index in [1.54, 1.807) is 6.92 Å². The van der Waals surface area contributed by atoms with Gasteiger partial charge in [0, 0.05) is 12.3 Å². The van der Waals surface area contributed by atoms with E-state index in [4.69, 9.17) is 4.74 Å². The molecular weight excluding hydrogens is 236 g/mol. The zero-order valence-electron chi connectivity index (χ0n) is 13.5.